The fourth-order valence-corrected chi connectivity index (χ4v) is 1.80. The summed E-state index contributed by atoms with van der Waals surface area (Å²) in [5.41, 5.74) is 0.483. The lowest BCUT2D eigenvalue weighted by molar-refractivity contribution is -0.137. The molecule has 2 aromatic rings. The molecule has 8 heteroatoms. The van der Waals surface area contributed by atoms with Gasteiger partial charge in [0.2, 0.25) is 0 Å². The Balaban J connectivity index is 2.30. The average Bonchev–Trinajstić information content (AvgIpc) is 2.45. The predicted octanol–water partition coefficient (Wildman–Crippen LogP) is 0.994. The average molecular weight is 305 g/mol. The standard InChI is InChI=1S/C14H12FN3O4/c15-10-3-1-2-8(4-10)9-5-11(19)13(17-6-9)14(22)18(16)7-12(20)21/h1-6,19H,7,16H2,(H,20,21). The van der Waals surface area contributed by atoms with Gasteiger partial charge in [0.25, 0.3) is 5.91 Å². The first-order valence-electron chi connectivity index (χ1n) is 6.12. The number of nitrogens with two attached hydrogens (primary N) is 1. The molecule has 114 valence electrons. The summed E-state index contributed by atoms with van der Waals surface area (Å²) < 4.78 is 13.2. The van der Waals surface area contributed by atoms with Crippen molar-refractivity contribution in [2.24, 2.45) is 5.84 Å². The zero-order chi connectivity index (χ0) is 16.3. The zero-order valence-corrected chi connectivity index (χ0v) is 11.2. The van der Waals surface area contributed by atoms with Gasteiger partial charge in [-0.1, -0.05) is 12.1 Å². The van der Waals surface area contributed by atoms with Crippen molar-refractivity contribution in [2.75, 3.05) is 6.54 Å². The zero-order valence-electron chi connectivity index (χ0n) is 11.2. The molecule has 4 N–H and O–H groups in total. The number of hydrogen-bond donors (Lipinski definition) is 3. The molecule has 0 aliphatic carbocycles. The van der Waals surface area contributed by atoms with Crippen molar-refractivity contribution in [1.29, 1.82) is 0 Å². The van der Waals surface area contributed by atoms with E-state index in [-0.39, 0.29) is 5.69 Å². The van der Waals surface area contributed by atoms with Crippen LogP contribution in [0.5, 0.6) is 5.75 Å². The van der Waals surface area contributed by atoms with Crippen LogP contribution in [-0.2, 0) is 4.79 Å². The Labute approximate surface area is 124 Å². The summed E-state index contributed by atoms with van der Waals surface area (Å²) in [6, 6.07) is 6.85. The highest BCUT2D eigenvalue weighted by Gasteiger charge is 2.20. The van der Waals surface area contributed by atoms with Crippen molar-refractivity contribution in [3.63, 3.8) is 0 Å². The minimum Gasteiger partial charge on any atom is -0.505 e. The molecule has 1 aromatic heterocycles. The maximum absolute atomic E-state index is 13.2. The quantitative estimate of drug-likeness (QED) is 0.440. The third-order valence-corrected chi connectivity index (χ3v) is 2.79. The smallest absolute Gasteiger partial charge is 0.324 e. The van der Waals surface area contributed by atoms with E-state index in [1.165, 1.54) is 30.5 Å². The van der Waals surface area contributed by atoms with E-state index < -0.39 is 30.0 Å². The van der Waals surface area contributed by atoms with Crippen LogP contribution in [0.2, 0.25) is 0 Å². The van der Waals surface area contributed by atoms with Crippen LogP contribution < -0.4 is 5.84 Å². The molecular formula is C14H12FN3O4. The van der Waals surface area contributed by atoms with E-state index in [0.717, 1.165) is 0 Å². The van der Waals surface area contributed by atoms with Gasteiger partial charge in [-0.2, -0.15) is 0 Å². The molecule has 0 saturated carbocycles. The first-order chi connectivity index (χ1) is 10.4. The molecular weight excluding hydrogens is 293 g/mol. The number of pyridine rings is 1. The third-order valence-electron chi connectivity index (χ3n) is 2.79. The number of aliphatic carboxylic acids is 1. The van der Waals surface area contributed by atoms with E-state index in [1.54, 1.807) is 6.07 Å². The summed E-state index contributed by atoms with van der Waals surface area (Å²) in [6.45, 7) is -0.731. The molecule has 22 heavy (non-hydrogen) atoms. The van der Waals surface area contributed by atoms with Gasteiger partial charge < -0.3 is 10.2 Å². The molecule has 0 atom stereocenters. The van der Waals surface area contributed by atoms with E-state index in [2.05, 4.69) is 4.98 Å². The Morgan fingerprint density at radius 1 is 1.27 bits per heavy atom. The molecule has 0 radical (unpaired) electrons. The fraction of sp³-hybridized carbons (Fsp3) is 0.0714. The van der Waals surface area contributed by atoms with Crippen LogP contribution in [0.15, 0.2) is 36.5 Å². The van der Waals surface area contributed by atoms with Crippen LogP contribution in [0, 0.1) is 5.82 Å². The molecule has 0 aliphatic heterocycles. The topological polar surface area (TPSA) is 117 Å². The Hall–Kier alpha value is -3.00. The van der Waals surface area contributed by atoms with Crippen molar-refractivity contribution in [3.05, 3.63) is 48.0 Å². The molecule has 0 aliphatic rings. The number of hydrazine groups is 1. The predicted molar refractivity (Wildman–Crippen MR) is 74.2 cm³/mol. The van der Waals surface area contributed by atoms with E-state index in [4.69, 9.17) is 10.9 Å². The number of rotatable bonds is 4. The summed E-state index contributed by atoms with van der Waals surface area (Å²) in [5.74, 6) is 2.12. The molecule has 0 bridgehead atoms. The van der Waals surface area contributed by atoms with Gasteiger partial charge >= 0.3 is 5.97 Å². The molecule has 7 nitrogen and oxygen atoms in total. The lowest BCUT2D eigenvalue weighted by Gasteiger charge is -2.14. The van der Waals surface area contributed by atoms with Crippen LogP contribution in [0.1, 0.15) is 10.5 Å². The first kappa shape index (κ1) is 15.4. The summed E-state index contributed by atoms with van der Waals surface area (Å²) >= 11 is 0. The number of nitrogens with zero attached hydrogens (tertiary/aromatic N) is 2. The fourth-order valence-electron chi connectivity index (χ4n) is 1.80. The number of aromatic hydroxyl groups is 1. The Kier molecular flexibility index (Phi) is 4.33. The minimum absolute atomic E-state index is 0.385. The highest BCUT2D eigenvalue weighted by Crippen LogP contribution is 2.25. The summed E-state index contributed by atoms with van der Waals surface area (Å²) in [5, 5.41) is 18.9. The number of carboxylic acid groups (broad SMARTS) is 1. The van der Waals surface area contributed by atoms with Gasteiger partial charge in [-0.15, -0.1) is 0 Å². The third kappa shape index (κ3) is 3.36. The second-order valence-electron chi connectivity index (χ2n) is 4.43. The normalized spacial score (nSPS) is 10.3. The summed E-state index contributed by atoms with van der Waals surface area (Å²) in [6.07, 6.45) is 1.26. The lowest BCUT2D eigenvalue weighted by Crippen LogP contribution is -2.41. The molecule has 0 spiro atoms. The molecule has 0 unspecified atom stereocenters. The van der Waals surface area contributed by atoms with Crippen LogP contribution in [0.25, 0.3) is 11.1 Å². The largest absolute Gasteiger partial charge is 0.505 e. The first-order valence-corrected chi connectivity index (χ1v) is 6.12. The summed E-state index contributed by atoms with van der Waals surface area (Å²) in [7, 11) is 0. The van der Waals surface area contributed by atoms with Crippen LogP contribution in [-0.4, -0.2) is 38.6 Å². The number of carbonyl (C=O) groups is 2. The van der Waals surface area contributed by atoms with Gasteiger partial charge in [-0.25, -0.2) is 15.2 Å². The van der Waals surface area contributed by atoms with Crippen LogP contribution in [0.4, 0.5) is 4.39 Å². The van der Waals surface area contributed by atoms with Gasteiger partial charge in [0.05, 0.1) is 0 Å². The maximum atomic E-state index is 13.2. The van der Waals surface area contributed by atoms with Crippen molar-refractivity contribution < 1.29 is 24.2 Å². The Morgan fingerprint density at radius 3 is 2.59 bits per heavy atom. The Morgan fingerprint density at radius 2 is 2.00 bits per heavy atom. The monoisotopic (exact) mass is 305 g/mol. The highest BCUT2D eigenvalue weighted by molar-refractivity contribution is 5.96. The number of hydrogen-bond acceptors (Lipinski definition) is 5. The van der Waals surface area contributed by atoms with Crippen LogP contribution in [0.3, 0.4) is 0 Å². The van der Waals surface area contributed by atoms with Gasteiger partial charge in [0, 0.05) is 11.8 Å². The molecule has 1 amide bonds. The van der Waals surface area contributed by atoms with E-state index in [9.17, 15) is 19.1 Å². The minimum atomic E-state index is -1.30. The number of carbonyl (C=O) groups excluding carboxylic acids is 1. The number of benzene rings is 1. The van der Waals surface area contributed by atoms with Gasteiger partial charge in [0.15, 0.2) is 5.69 Å². The lowest BCUT2D eigenvalue weighted by atomic mass is 10.1. The number of amides is 1. The second kappa shape index (κ2) is 6.19. The second-order valence-corrected chi connectivity index (χ2v) is 4.43. The molecule has 0 fully saturated rings. The van der Waals surface area contributed by atoms with Crippen molar-refractivity contribution in [1.82, 2.24) is 9.99 Å². The van der Waals surface area contributed by atoms with Gasteiger partial charge in [0.1, 0.15) is 18.1 Å². The molecule has 2 rings (SSSR count). The van der Waals surface area contributed by atoms with Crippen molar-refractivity contribution in [2.45, 2.75) is 0 Å². The molecule has 1 aromatic carbocycles. The molecule has 0 saturated heterocycles. The van der Waals surface area contributed by atoms with Gasteiger partial charge in [-0.05, 0) is 23.8 Å². The SMILES string of the molecule is NN(CC(=O)O)C(=O)c1ncc(-c2cccc(F)c2)cc1O. The van der Waals surface area contributed by atoms with Crippen molar-refractivity contribution in [3.8, 4) is 16.9 Å². The number of halogens is 1. The van der Waals surface area contributed by atoms with Crippen molar-refractivity contribution >= 4 is 11.9 Å². The summed E-state index contributed by atoms with van der Waals surface area (Å²) in [4.78, 5) is 26.1. The molecule has 1 heterocycles. The van der Waals surface area contributed by atoms with Gasteiger partial charge in [-0.3, -0.25) is 14.6 Å². The Bertz CT molecular complexity index is 736. The maximum Gasteiger partial charge on any atom is 0.324 e. The van der Waals surface area contributed by atoms with E-state index in [1.807, 2.05) is 0 Å². The number of aromatic nitrogens is 1. The van der Waals surface area contributed by atoms with E-state index in [0.29, 0.717) is 16.1 Å². The number of carboxylic acids is 1. The van der Waals surface area contributed by atoms with Crippen LogP contribution >= 0.6 is 0 Å². The highest BCUT2D eigenvalue weighted by atomic mass is 19.1. The van der Waals surface area contributed by atoms with E-state index >= 15 is 0 Å².